The average molecular weight is 284 g/mol. The van der Waals surface area contributed by atoms with Crippen LogP contribution < -0.4 is 10.1 Å². The van der Waals surface area contributed by atoms with Crippen LogP contribution in [0.1, 0.15) is 30.5 Å². The zero-order valence-electron chi connectivity index (χ0n) is 13.1. The molecule has 2 aromatic rings. The van der Waals surface area contributed by atoms with E-state index in [4.69, 9.17) is 4.74 Å². The van der Waals surface area contributed by atoms with Gasteiger partial charge in [-0.15, -0.1) is 0 Å². The van der Waals surface area contributed by atoms with E-state index in [-0.39, 0.29) is 0 Å². The SMILES string of the molecule is Cc1cccc(CNC(C)C)c1OCCc1ccncc1. The summed E-state index contributed by atoms with van der Waals surface area (Å²) in [4.78, 5) is 4.03. The summed E-state index contributed by atoms with van der Waals surface area (Å²) < 4.78 is 6.04. The second kappa shape index (κ2) is 7.79. The van der Waals surface area contributed by atoms with E-state index in [1.807, 2.05) is 24.5 Å². The first-order chi connectivity index (χ1) is 10.2. The number of para-hydroxylation sites is 1. The van der Waals surface area contributed by atoms with Gasteiger partial charge < -0.3 is 10.1 Å². The molecule has 1 heterocycles. The Hall–Kier alpha value is -1.87. The topological polar surface area (TPSA) is 34.1 Å². The number of pyridine rings is 1. The van der Waals surface area contributed by atoms with Crippen LogP contribution in [0.15, 0.2) is 42.7 Å². The number of benzene rings is 1. The first kappa shape index (κ1) is 15.5. The van der Waals surface area contributed by atoms with Crippen LogP contribution in [0.2, 0.25) is 0 Å². The van der Waals surface area contributed by atoms with Crippen LogP contribution in [0.25, 0.3) is 0 Å². The maximum Gasteiger partial charge on any atom is 0.126 e. The molecule has 0 aliphatic rings. The first-order valence-electron chi connectivity index (χ1n) is 7.50. The maximum atomic E-state index is 6.04. The molecule has 112 valence electrons. The van der Waals surface area contributed by atoms with Gasteiger partial charge in [-0.2, -0.15) is 0 Å². The highest BCUT2D eigenvalue weighted by atomic mass is 16.5. The van der Waals surface area contributed by atoms with Gasteiger partial charge in [-0.25, -0.2) is 0 Å². The minimum absolute atomic E-state index is 0.468. The molecule has 1 aromatic heterocycles. The van der Waals surface area contributed by atoms with Crippen molar-refractivity contribution < 1.29 is 4.74 Å². The van der Waals surface area contributed by atoms with Crippen LogP contribution in [-0.2, 0) is 13.0 Å². The van der Waals surface area contributed by atoms with E-state index in [9.17, 15) is 0 Å². The van der Waals surface area contributed by atoms with E-state index >= 15 is 0 Å². The van der Waals surface area contributed by atoms with Gasteiger partial charge in [0.1, 0.15) is 5.75 Å². The second-order valence-corrected chi connectivity index (χ2v) is 5.55. The molecule has 1 aromatic carbocycles. The molecule has 0 aliphatic carbocycles. The lowest BCUT2D eigenvalue weighted by Gasteiger charge is -2.16. The molecule has 0 aliphatic heterocycles. The van der Waals surface area contributed by atoms with Crippen LogP contribution in [-0.4, -0.2) is 17.6 Å². The van der Waals surface area contributed by atoms with Crippen molar-refractivity contribution in [2.24, 2.45) is 0 Å². The maximum absolute atomic E-state index is 6.04. The molecular formula is C18H24N2O. The van der Waals surface area contributed by atoms with Crippen molar-refractivity contribution in [1.29, 1.82) is 0 Å². The van der Waals surface area contributed by atoms with E-state index in [0.29, 0.717) is 12.6 Å². The van der Waals surface area contributed by atoms with Gasteiger partial charge in [0.2, 0.25) is 0 Å². The van der Waals surface area contributed by atoms with E-state index in [0.717, 1.165) is 18.7 Å². The van der Waals surface area contributed by atoms with E-state index < -0.39 is 0 Å². The molecule has 0 saturated carbocycles. The number of nitrogens with one attached hydrogen (secondary N) is 1. The number of rotatable bonds is 7. The molecule has 2 rings (SSSR count). The quantitative estimate of drug-likeness (QED) is 0.845. The minimum atomic E-state index is 0.468. The third-order valence-corrected chi connectivity index (χ3v) is 3.38. The molecule has 3 heteroatoms. The number of hydrogen-bond acceptors (Lipinski definition) is 3. The Balaban J connectivity index is 1.98. The third-order valence-electron chi connectivity index (χ3n) is 3.38. The van der Waals surface area contributed by atoms with Gasteiger partial charge in [-0.1, -0.05) is 32.0 Å². The number of nitrogens with zero attached hydrogens (tertiary/aromatic N) is 1. The lowest BCUT2D eigenvalue weighted by molar-refractivity contribution is 0.315. The lowest BCUT2D eigenvalue weighted by Crippen LogP contribution is -2.22. The Kier molecular flexibility index (Phi) is 5.76. The normalized spacial score (nSPS) is 10.9. The minimum Gasteiger partial charge on any atom is -0.493 e. The fourth-order valence-electron chi connectivity index (χ4n) is 2.19. The van der Waals surface area contributed by atoms with Gasteiger partial charge in [0.15, 0.2) is 0 Å². The van der Waals surface area contributed by atoms with Crippen molar-refractivity contribution in [1.82, 2.24) is 10.3 Å². The molecule has 0 radical (unpaired) electrons. The van der Waals surface area contributed by atoms with Crippen LogP contribution >= 0.6 is 0 Å². The van der Waals surface area contributed by atoms with Crippen LogP contribution in [0.3, 0.4) is 0 Å². The van der Waals surface area contributed by atoms with Crippen LogP contribution in [0, 0.1) is 6.92 Å². The summed E-state index contributed by atoms with van der Waals surface area (Å²) in [5, 5.41) is 3.45. The summed E-state index contributed by atoms with van der Waals surface area (Å²) in [7, 11) is 0. The summed E-state index contributed by atoms with van der Waals surface area (Å²) in [5.41, 5.74) is 3.66. The summed E-state index contributed by atoms with van der Waals surface area (Å²) in [6, 6.07) is 10.8. The summed E-state index contributed by atoms with van der Waals surface area (Å²) in [5.74, 6) is 1.01. The fraction of sp³-hybridized carbons (Fsp3) is 0.389. The Morgan fingerprint density at radius 2 is 1.90 bits per heavy atom. The monoisotopic (exact) mass is 284 g/mol. The average Bonchev–Trinajstić information content (AvgIpc) is 2.48. The summed E-state index contributed by atoms with van der Waals surface area (Å²) in [6.45, 7) is 7.92. The predicted molar refractivity (Wildman–Crippen MR) is 86.6 cm³/mol. The molecule has 0 spiro atoms. The van der Waals surface area contributed by atoms with Crippen molar-refractivity contribution in [3.63, 3.8) is 0 Å². The number of ether oxygens (including phenoxy) is 1. The van der Waals surface area contributed by atoms with Gasteiger partial charge in [0.05, 0.1) is 6.61 Å². The van der Waals surface area contributed by atoms with Crippen LogP contribution in [0.4, 0.5) is 0 Å². The number of aromatic nitrogens is 1. The van der Waals surface area contributed by atoms with Gasteiger partial charge in [0.25, 0.3) is 0 Å². The van der Waals surface area contributed by atoms with Crippen LogP contribution in [0.5, 0.6) is 5.75 Å². The van der Waals surface area contributed by atoms with Crippen molar-refractivity contribution >= 4 is 0 Å². The fourth-order valence-corrected chi connectivity index (χ4v) is 2.19. The Morgan fingerprint density at radius 1 is 1.14 bits per heavy atom. The third kappa shape index (κ3) is 4.87. The molecule has 0 saturated heterocycles. The standard InChI is InChI=1S/C18H24N2O/c1-14(2)20-13-17-6-4-5-15(3)18(17)21-12-9-16-7-10-19-11-8-16/h4-8,10-11,14,20H,9,12-13H2,1-3H3. The molecule has 1 N–H and O–H groups in total. The summed E-state index contributed by atoms with van der Waals surface area (Å²) >= 11 is 0. The van der Waals surface area contributed by atoms with Gasteiger partial charge in [0, 0.05) is 37.0 Å². The van der Waals surface area contributed by atoms with Crippen molar-refractivity contribution in [3.05, 3.63) is 59.4 Å². The molecular weight excluding hydrogens is 260 g/mol. The highest BCUT2D eigenvalue weighted by molar-refractivity contribution is 5.40. The predicted octanol–water partition coefficient (Wildman–Crippen LogP) is 3.51. The molecule has 0 unspecified atom stereocenters. The molecule has 0 amide bonds. The van der Waals surface area contributed by atoms with Crippen molar-refractivity contribution in [3.8, 4) is 5.75 Å². The second-order valence-electron chi connectivity index (χ2n) is 5.55. The largest absolute Gasteiger partial charge is 0.493 e. The zero-order chi connectivity index (χ0) is 15.1. The number of aryl methyl sites for hydroxylation is 1. The highest BCUT2D eigenvalue weighted by Gasteiger charge is 2.07. The zero-order valence-corrected chi connectivity index (χ0v) is 13.1. The van der Waals surface area contributed by atoms with Crippen molar-refractivity contribution in [2.45, 2.75) is 39.8 Å². The Bertz CT molecular complexity index is 552. The lowest BCUT2D eigenvalue weighted by atomic mass is 10.1. The smallest absolute Gasteiger partial charge is 0.126 e. The van der Waals surface area contributed by atoms with E-state index in [1.54, 1.807) is 0 Å². The van der Waals surface area contributed by atoms with Gasteiger partial charge in [-0.05, 0) is 30.2 Å². The molecule has 3 nitrogen and oxygen atoms in total. The van der Waals surface area contributed by atoms with Gasteiger partial charge >= 0.3 is 0 Å². The van der Waals surface area contributed by atoms with E-state index in [2.05, 4.69) is 49.3 Å². The van der Waals surface area contributed by atoms with E-state index in [1.165, 1.54) is 16.7 Å². The molecule has 0 bridgehead atoms. The highest BCUT2D eigenvalue weighted by Crippen LogP contribution is 2.23. The first-order valence-corrected chi connectivity index (χ1v) is 7.50. The Morgan fingerprint density at radius 3 is 2.62 bits per heavy atom. The van der Waals surface area contributed by atoms with Crippen molar-refractivity contribution in [2.75, 3.05) is 6.61 Å². The van der Waals surface area contributed by atoms with Gasteiger partial charge in [-0.3, -0.25) is 4.98 Å². The Labute approximate surface area is 127 Å². The summed E-state index contributed by atoms with van der Waals surface area (Å²) in [6.07, 6.45) is 4.54. The number of hydrogen-bond donors (Lipinski definition) is 1. The molecule has 0 atom stereocenters. The molecule has 21 heavy (non-hydrogen) atoms. The molecule has 0 fully saturated rings.